The zero-order valence-corrected chi connectivity index (χ0v) is 14.0. The molecule has 1 saturated heterocycles. The van der Waals surface area contributed by atoms with E-state index in [9.17, 15) is 8.78 Å². The van der Waals surface area contributed by atoms with E-state index in [2.05, 4.69) is 4.98 Å². The number of rotatable bonds is 3. The number of aromatic nitrogens is 1. The molecule has 3 heterocycles. The first-order chi connectivity index (χ1) is 12.5. The van der Waals surface area contributed by atoms with Gasteiger partial charge in [0.1, 0.15) is 11.6 Å². The molecule has 2 atom stereocenters. The van der Waals surface area contributed by atoms with Crippen molar-refractivity contribution in [1.82, 2.24) is 4.98 Å². The average molecular weight is 363 g/mol. The van der Waals surface area contributed by atoms with Crippen LogP contribution in [-0.4, -0.2) is 30.5 Å². The van der Waals surface area contributed by atoms with E-state index in [4.69, 9.17) is 25.7 Å². The fourth-order valence-corrected chi connectivity index (χ4v) is 3.35. The van der Waals surface area contributed by atoms with E-state index in [1.165, 1.54) is 12.3 Å². The Labute approximate surface area is 149 Å². The third kappa shape index (κ3) is 2.70. The number of hydrogen-bond acceptors (Lipinski definition) is 6. The number of halogens is 2. The van der Waals surface area contributed by atoms with E-state index >= 15 is 0 Å². The highest BCUT2D eigenvalue weighted by atomic mass is 19.2. The summed E-state index contributed by atoms with van der Waals surface area (Å²) in [5.41, 5.74) is 12.1. The van der Waals surface area contributed by atoms with Crippen LogP contribution in [0.2, 0.25) is 0 Å². The Morgan fingerprint density at radius 3 is 2.65 bits per heavy atom. The van der Waals surface area contributed by atoms with Crippen LogP contribution in [-0.2, 0) is 10.3 Å². The van der Waals surface area contributed by atoms with Crippen LogP contribution in [0.1, 0.15) is 24.0 Å². The van der Waals surface area contributed by atoms with Gasteiger partial charge in [0, 0.05) is 24.6 Å². The minimum atomic E-state index is -1.35. The van der Waals surface area contributed by atoms with Gasteiger partial charge in [0.25, 0.3) is 5.88 Å². The first-order valence-electron chi connectivity index (χ1n) is 8.40. The summed E-state index contributed by atoms with van der Waals surface area (Å²) in [5, 5.41) is 0. The molecule has 0 spiro atoms. The number of nitrogens with two attached hydrogens (primary N) is 2. The van der Waals surface area contributed by atoms with Gasteiger partial charge in [-0.25, -0.2) is 13.8 Å². The summed E-state index contributed by atoms with van der Waals surface area (Å²) < 4.78 is 44.1. The van der Waals surface area contributed by atoms with Crippen LogP contribution in [0.5, 0.6) is 11.6 Å². The number of pyridine rings is 1. The molecule has 0 bridgehead atoms. The van der Waals surface area contributed by atoms with Gasteiger partial charge in [-0.1, -0.05) is 6.07 Å². The summed E-state index contributed by atoms with van der Waals surface area (Å²) >= 11 is 0. The third-order valence-electron chi connectivity index (χ3n) is 4.86. The van der Waals surface area contributed by atoms with Crippen molar-refractivity contribution in [2.45, 2.75) is 30.7 Å². The molecule has 4 rings (SSSR count). The zero-order chi connectivity index (χ0) is 18.3. The molecule has 2 aliphatic heterocycles. The molecule has 2 aromatic rings. The van der Waals surface area contributed by atoms with Gasteiger partial charge in [-0.3, -0.25) is 5.73 Å². The van der Waals surface area contributed by atoms with Gasteiger partial charge in [0.2, 0.25) is 0 Å². The fraction of sp³-hybridized carbons (Fsp3) is 0.389. The summed E-state index contributed by atoms with van der Waals surface area (Å²) in [5.74, 6) is -1.33. The molecule has 26 heavy (non-hydrogen) atoms. The van der Waals surface area contributed by atoms with Gasteiger partial charge in [0.05, 0.1) is 13.2 Å². The van der Waals surface area contributed by atoms with Gasteiger partial charge in [-0.05, 0) is 23.8 Å². The van der Waals surface area contributed by atoms with E-state index < -0.39 is 23.4 Å². The van der Waals surface area contributed by atoms with Crippen LogP contribution < -0.4 is 20.9 Å². The largest absolute Gasteiger partial charge is 0.472 e. The van der Waals surface area contributed by atoms with Gasteiger partial charge in [0.15, 0.2) is 23.6 Å². The number of fused-ring (bicyclic) bond motifs is 1. The Morgan fingerprint density at radius 2 is 1.92 bits per heavy atom. The maximum absolute atomic E-state index is 13.7. The predicted molar refractivity (Wildman–Crippen MR) is 88.6 cm³/mol. The lowest BCUT2D eigenvalue weighted by Gasteiger charge is -2.28. The van der Waals surface area contributed by atoms with E-state index in [-0.39, 0.29) is 6.10 Å². The van der Waals surface area contributed by atoms with Gasteiger partial charge in [-0.15, -0.1) is 0 Å². The second kappa shape index (κ2) is 6.46. The standard InChI is InChI=1S/C18H19F2N3O3/c19-13-2-1-10(9-14(13)20)18(22)12-3-6-23-16(15(12)26-17(18)21)25-11-4-7-24-8-5-11/h1-3,6,9,11,17H,4-5,7-8,21-22H2. The Kier molecular flexibility index (Phi) is 4.26. The van der Waals surface area contributed by atoms with Crippen molar-refractivity contribution in [2.24, 2.45) is 11.5 Å². The van der Waals surface area contributed by atoms with Gasteiger partial charge < -0.3 is 19.9 Å². The summed E-state index contributed by atoms with van der Waals surface area (Å²) in [6, 6.07) is 5.11. The highest BCUT2D eigenvalue weighted by Crippen LogP contribution is 2.46. The molecule has 138 valence electrons. The molecule has 8 heteroatoms. The van der Waals surface area contributed by atoms with Crippen LogP contribution in [0.15, 0.2) is 30.5 Å². The molecular formula is C18H19F2N3O3. The molecular weight excluding hydrogens is 344 g/mol. The molecule has 1 aromatic heterocycles. The van der Waals surface area contributed by atoms with Gasteiger partial charge >= 0.3 is 0 Å². The highest BCUT2D eigenvalue weighted by Gasteiger charge is 2.48. The smallest absolute Gasteiger partial charge is 0.257 e. The average Bonchev–Trinajstić information content (AvgIpc) is 2.91. The molecule has 1 fully saturated rings. The SMILES string of the molecule is NC1Oc2c(ccnc2OC2CCOCC2)C1(N)c1ccc(F)c(F)c1. The Balaban J connectivity index is 1.72. The molecule has 0 saturated carbocycles. The first-order valence-corrected chi connectivity index (χ1v) is 8.40. The van der Waals surface area contributed by atoms with Crippen molar-refractivity contribution in [3.63, 3.8) is 0 Å². The summed E-state index contributed by atoms with van der Waals surface area (Å²) in [6.45, 7) is 1.24. The molecule has 0 radical (unpaired) electrons. The van der Waals surface area contributed by atoms with E-state index in [1.807, 2.05) is 0 Å². The molecule has 6 nitrogen and oxygen atoms in total. The number of ether oxygens (including phenoxy) is 3. The van der Waals surface area contributed by atoms with Crippen molar-refractivity contribution in [3.8, 4) is 11.6 Å². The molecule has 2 aliphatic rings. The Morgan fingerprint density at radius 1 is 1.15 bits per heavy atom. The summed E-state index contributed by atoms with van der Waals surface area (Å²) in [6.07, 6.45) is 1.99. The molecule has 4 N–H and O–H groups in total. The van der Waals surface area contributed by atoms with Crippen molar-refractivity contribution in [3.05, 3.63) is 53.2 Å². The number of hydrogen-bond donors (Lipinski definition) is 2. The maximum atomic E-state index is 13.7. The van der Waals surface area contributed by atoms with Crippen molar-refractivity contribution >= 4 is 0 Å². The van der Waals surface area contributed by atoms with Crippen LogP contribution in [0.25, 0.3) is 0 Å². The predicted octanol–water partition coefficient (Wildman–Crippen LogP) is 1.80. The summed E-state index contributed by atoms with van der Waals surface area (Å²) in [7, 11) is 0. The van der Waals surface area contributed by atoms with Gasteiger partial charge in [-0.2, -0.15) is 0 Å². The minimum Gasteiger partial charge on any atom is -0.472 e. The topological polar surface area (TPSA) is 92.6 Å². The lowest BCUT2D eigenvalue weighted by molar-refractivity contribution is 0.0219. The van der Waals surface area contributed by atoms with Crippen molar-refractivity contribution in [1.29, 1.82) is 0 Å². The second-order valence-electron chi connectivity index (χ2n) is 6.46. The van der Waals surface area contributed by atoms with Crippen LogP contribution in [0.4, 0.5) is 8.78 Å². The first kappa shape index (κ1) is 17.1. The van der Waals surface area contributed by atoms with E-state index in [0.717, 1.165) is 25.0 Å². The molecule has 0 aliphatic carbocycles. The third-order valence-corrected chi connectivity index (χ3v) is 4.86. The highest BCUT2D eigenvalue weighted by molar-refractivity contribution is 5.55. The second-order valence-corrected chi connectivity index (χ2v) is 6.46. The minimum absolute atomic E-state index is 0.0429. The van der Waals surface area contributed by atoms with Crippen molar-refractivity contribution in [2.75, 3.05) is 13.2 Å². The van der Waals surface area contributed by atoms with Crippen LogP contribution >= 0.6 is 0 Å². The quantitative estimate of drug-likeness (QED) is 0.864. The molecule has 0 amide bonds. The Hall–Kier alpha value is -2.29. The van der Waals surface area contributed by atoms with Crippen LogP contribution in [0.3, 0.4) is 0 Å². The Bertz CT molecular complexity index is 829. The van der Waals surface area contributed by atoms with E-state index in [0.29, 0.717) is 36.0 Å². The van der Waals surface area contributed by atoms with Crippen molar-refractivity contribution < 1.29 is 23.0 Å². The number of nitrogens with zero attached hydrogens (tertiary/aromatic N) is 1. The maximum Gasteiger partial charge on any atom is 0.257 e. The number of benzene rings is 1. The normalized spacial score (nSPS) is 25.6. The monoisotopic (exact) mass is 363 g/mol. The molecule has 2 unspecified atom stereocenters. The molecule has 1 aromatic carbocycles. The summed E-state index contributed by atoms with van der Waals surface area (Å²) in [4.78, 5) is 4.24. The fourth-order valence-electron chi connectivity index (χ4n) is 3.35. The van der Waals surface area contributed by atoms with Crippen LogP contribution in [0, 0.1) is 11.6 Å². The zero-order valence-electron chi connectivity index (χ0n) is 14.0. The lowest BCUT2D eigenvalue weighted by atomic mass is 9.84. The lowest BCUT2D eigenvalue weighted by Crippen LogP contribution is -2.52. The van der Waals surface area contributed by atoms with E-state index in [1.54, 1.807) is 6.07 Å².